The molecular weight excluding hydrogens is 266 g/mol. The van der Waals surface area contributed by atoms with Crippen LogP contribution in [0.2, 0.25) is 0 Å². The summed E-state index contributed by atoms with van der Waals surface area (Å²) in [6.07, 6.45) is 1.10. The van der Waals surface area contributed by atoms with Crippen molar-refractivity contribution in [1.29, 1.82) is 0 Å². The number of carbonyl (C=O) groups is 1. The molecule has 1 aromatic carbocycles. The highest BCUT2D eigenvalue weighted by Gasteiger charge is 2.33. The molecular formula is C13H17NO4S. The Hall–Kier alpha value is -1.66. The van der Waals surface area contributed by atoms with Gasteiger partial charge in [0.2, 0.25) is 5.91 Å². The third kappa shape index (κ3) is 4.18. The normalized spacial score (nSPS) is 14.4. The summed E-state index contributed by atoms with van der Waals surface area (Å²) >= 11 is 0. The van der Waals surface area contributed by atoms with Crippen molar-refractivity contribution in [2.75, 3.05) is 12.9 Å². The van der Waals surface area contributed by atoms with E-state index in [9.17, 15) is 13.2 Å². The molecule has 0 aliphatic heterocycles. The van der Waals surface area contributed by atoms with E-state index in [1.807, 2.05) is 6.07 Å². The summed E-state index contributed by atoms with van der Waals surface area (Å²) in [7, 11) is -2.63. The van der Waals surface area contributed by atoms with E-state index < -0.39 is 21.6 Å². The standard InChI is InChI=1S/C13H17NO4S/c1-4-12(15)14-13(2,10-19(16,17)18-3)11-8-6-5-7-9-11/h4-9H,1,10H2,2-3H3,(H,14,15). The van der Waals surface area contributed by atoms with E-state index in [0.717, 1.165) is 13.2 Å². The van der Waals surface area contributed by atoms with Crippen LogP contribution in [0.15, 0.2) is 43.0 Å². The predicted molar refractivity (Wildman–Crippen MR) is 72.9 cm³/mol. The molecule has 1 rings (SSSR count). The highest BCUT2D eigenvalue weighted by Crippen LogP contribution is 2.23. The van der Waals surface area contributed by atoms with Crippen LogP contribution in [0.25, 0.3) is 0 Å². The number of hydrogen-bond donors (Lipinski definition) is 1. The summed E-state index contributed by atoms with van der Waals surface area (Å²) in [6.45, 7) is 4.99. The number of benzene rings is 1. The van der Waals surface area contributed by atoms with Crippen molar-refractivity contribution in [2.24, 2.45) is 0 Å². The van der Waals surface area contributed by atoms with Gasteiger partial charge in [0.1, 0.15) is 5.75 Å². The largest absolute Gasteiger partial charge is 0.342 e. The fourth-order valence-electron chi connectivity index (χ4n) is 1.73. The summed E-state index contributed by atoms with van der Waals surface area (Å²) in [5, 5.41) is 2.63. The molecule has 0 fully saturated rings. The first kappa shape index (κ1) is 15.4. The molecule has 6 heteroatoms. The molecule has 0 bridgehead atoms. The molecule has 1 unspecified atom stereocenters. The van der Waals surface area contributed by atoms with Crippen LogP contribution in [0.3, 0.4) is 0 Å². The average molecular weight is 283 g/mol. The van der Waals surface area contributed by atoms with Crippen LogP contribution in [-0.4, -0.2) is 27.2 Å². The summed E-state index contributed by atoms with van der Waals surface area (Å²) in [4.78, 5) is 11.5. The molecule has 1 aromatic rings. The minimum absolute atomic E-state index is 0.361. The Morgan fingerprint density at radius 3 is 2.47 bits per heavy atom. The molecule has 0 aliphatic rings. The number of nitrogens with one attached hydrogen (secondary N) is 1. The lowest BCUT2D eigenvalue weighted by molar-refractivity contribution is -0.118. The van der Waals surface area contributed by atoms with E-state index in [2.05, 4.69) is 16.1 Å². The van der Waals surface area contributed by atoms with Gasteiger partial charge in [-0.05, 0) is 18.6 Å². The maximum Gasteiger partial charge on any atom is 0.269 e. The van der Waals surface area contributed by atoms with Crippen molar-refractivity contribution in [3.63, 3.8) is 0 Å². The molecule has 5 nitrogen and oxygen atoms in total. The van der Waals surface area contributed by atoms with Crippen LogP contribution in [0.1, 0.15) is 12.5 Å². The minimum Gasteiger partial charge on any atom is -0.342 e. The summed E-state index contributed by atoms with van der Waals surface area (Å²) in [5.74, 6) is -0.808. The Bertz CT molecular complexity index is 553. The van der Waals surface area contributed by atoms with Crippen molar-refractivity contribution in [2.45, 2.75) is 12.5 Å². The lowest BCUT2D eigenvalue weighted by Gasteiger charge is -2.30. The van der Waals surface area contributed by atoms with Gasteiger partial charge in [0.05, 0.1) is 12.6 Å². The van der Waals surface area contributed by atoms with Gasteiger partial charge in [-0.2, -0.15) is 8.42 Å². The second-order valence-corrected chi connectivity index (χ2v) is 6.00. The maximum atomic E-state index is 11.7. The van der Waals surface area contributed by atoms with Crippen LogP contribution >= 0.6 is 0 Å². The Labute approximate surface area is 113 Å². The molecule has 1 amide bonds. The molecule has 104 valence electrons. The van der Waals surface area contributed by atoms with Crippen molar-refractivity contribution in [3.05, 3.63) is 48.6 Å². The molecule has 1 N–H and O–H groups in total. The lowest BCUT2D eigenvalue weighted by Crippen LogP contribution is -2.47. The predicted octanol–water partition coefficient (Wildman–Crippen LogP) is 1.18. The van der Waals surface area contributed by atoms with Gasteiger partial charge in [0.25, 0.3) is 10.1 Å². The quantitative estimate of drug-likeness (QED) is 0.628. The van der Waals surface area contributed by atoms with Crippen LogP contribution in [0, 0.1) is 0 Å². The second-order valence-electron chi connectivity index (χ2n) is 4.26. The van der Waals surface area contributed by atoms with Gasteiger partial charge in [-0.1, -0.05) is 36.9 Å². The third-order valence-corrected chi connectivity index (χ3v) is 4.15. The van der Waals surface area contributed by atoms with Crippen LogP contribution in [-0.2, 0) is 24.6 Å². The fourth-order valence-corrected chi connectivity index (χ4v) is 2.80. The smallest absolute Gasteiger partial charge is 0.269 e. The Morgan fingerprint density at radius 2 is 2.00 bits per heavy atom. The zero-order valence-electron chi connectivity index (χ0n) is 10.9. The molecule has 0 aliphatic carbocycles. The van der Waals surface area contributed by atoms with E-state index in [-0.39, 0.29) is 5.75 Å². The van der Waals surface area contributed by atoms with Gasteiger partial charge in [0, 0.05) is 0 Å². The van der Waals surface area contributed by atoms with Crippen molar-refractivity contribution < 1.29 is 17.4 Å². The summed E-state index contributed by atoms with van der Waals surface area (Å²) in [5.41, 5.74) is -0.410. The molecule has 0 spiro atoms. The van der Waals surface area contributed by atoms with Gasteiger partial charge in [-0.3, -0.25) is 8.98 Å². The molecule has 0 aromatic heterocycles. The Kier molecular flexibility index (Phi) is 4.85. The minimum atomic E-state index is -3.73. The summed E-state index contributed by atoms with van der Waals surface area (Å²) < 4.78 is 27.8. The van der Waals surface area contributed by atoms with Gasteiger partial charge in [-0.15, -0.1) is 0 Å². The van der Waals surface area contributed by atoms with Crippen molar-refractivity contribution in [1.82, 2.24) is 5.32 Å². The van der Waals surface area contributed by atoms with Gasteiger partial charge in [0.15, 0.2) is 0 Å². The van der Waals surface area contributed by atoms with Gasteiger partial charge >= 0.3 is 0 Å². The Balaban J connectivity index is 3.18. The first-order valence-corrected chi connectivity index (χ1v) is 7.19. The number of carbonyl (C=O) groups excluding carboxylic acids is 1. The van der Waals surface area contributed by atoms with Crippen LogP contribution in [0.4, 0.5) is 0 Å². The lowest BCUT2D eigenvalue weighted by atomic mass is 9.94. The van der Waals surface area contributed by atoms with E-state index in [0.29, 0.717) is 5.56 Å². The first-order chi connectivity index (χ1) is 8.83. The molecule has 1 atom stereocenters. The van der Waals surface area contributed by atoms with E-state index in [1.165, 1.54) is 0 Å². The molecule has 0 saturated heterocycles. The third-order valence-electron chi connectivity index (χ3n) is 2.71. The van der Waals surface area contributed by atoms with E-state index >= 15 is 0 Å². The maximum absolute atomic E-state index is 11.7. The molecule has 0 heterocycles. The highest BCUT2D eigenvalue weighted by molar-refractivity contribution is 7.86. The summed E-state index contributed by atoms with van der Waals surface area (Å²) in [6, 6.07) is 8.84. The molecule has 0 saturated carbocycles. The Morgan fingerprint density at radius 1 is 1.42 bits per heavy atom. The van der Waals surface area contributed by atoms with Crippen LogP contribution < -0.4 is 5.32 Å². The number of amides is 1. The molecule has 19 heavy (non-hydrogen) atoms. The van der Waals surface area contributed by atoms with Gasteiger partial charge in [-0.25, -0.2) is 0 Å². The number of hydrogen-bond acceptors (Lipinski definition) is 4. The fraction of sp³-hybridized carbons (Fsp3) is 0.308. The second kappa shape index (κ2) is 5.99. The SMILES string of the molecule is C=CC(=O)NC(C)(CS(=O)(=O)OC)c1ccccc1. The van der Waals surface area contributed by atoms with E-state index in [4.69, 9.17) is 0 Å². The van der Waals surface area contributed by atoms with Crippen molar-refractivity contribution >= 4 is 16.0 Å². The number of rotatable bonds is 6. The zero-order chi connectivity index (χ0) is 14.5. The monoisotopic (exact) mass is 283 g/mol. The molecule has 0 radical (unpaired) electrons. The average Bonchev–Trinajstić information content (AvgIpc) is 2.39. The van der Waals surface area contributed by atoms with Crippen LogP contribution in [0.5, 0.6) is 0 Å². The van der Waals surface area contributed by atoms with Gasteiger partial charge < -0.3 is 5.32 Å². The van der Waals surface area contributed by atoms with Crippen molar-refractivity contribution in [3.8, 4) is 0 Å². The highest BCUT2D eigenvalue weighted by atomic mass is 32.2. The van der Waals surface area contributed by atoms with E-state index in [1.54, 1.807) is 31.2 Å². The topological polar surface area (TPSA) is 72.5 Å². The zero-order valence-corrected chi connectivity index (χ0v) is 11.7. The first-order valence-electron chi connectivity index (χ1n) is 5.61.